The topological polar surface area (TPSA) is 282 Å². The van der Waals surface area contributed by atoms with Crippen molar-refractivity contribution in [1.82, 2.24) is 39.0 Å². The van der Waals surface area contributed by atoms with Gasteiger partial charge in [0, 0.05) is 62.0 Å². The first kappa shape index (κ1) is 59.9. The van der Waals surface area contributed by atoms with Gasteiger partial charge in [0.1, 0.15) is 0 Å². The molecule has 0 aliphatic carbocycles. The molecule has 0 N–H and O–H groups in total. The summed E-state index contributed by atoms with van der Waals surface area (Å²) in [6, 6.07) is 32.5. The quantitative estimate of drug-likeness (QED) is 0.178. The van der Waals surface area contributed by atoms with Crippen molar-refractivity contribution in [2.75, 3.05) is 0 Å². The normalized spacial score (nSPS) is 10.5. The molecule has 0 amide bonds. The molecule has 0 unspecified atom stereocenters. The Morgan fingerprint density at radius 3 is 0.883 bits per heavy atom. The zero-order valence-corrected chi connectivity index (χ0v) is 41.8. The Balaban J connectivity index is 0.000000208. The molecule has 1 radical (unpaired) electrons. The zero-order chi connectivity index (χ0) is 55.7. The fourth-order valence-electron chi connectivity index (χ4n) is 6.67. The van der Waals surface area contributed by atoms with Crippen LogP contribution >= 0.6 is 0 Å². The van der Waals surface area contributed by atoms with Crippen LogP contribution in [0.15, 0.2) is 180 Å². The number of hydrogen-bond acceptors (Lipinski definition) is 16. The molecule has 8 aromatic heterocycles. The van der Waals surface area contributed by atoms with Crippen molar-refractivity contribution in [3.63, 3.8) is 0 Å². The second kappa shape index (κ2) is 27.1. The monoisotopic (exact) mass is 1240 g/mol. The van der Waals surface area contributed by atoms with Crippen LogP contribution in [0.2, 0.25) is 0 Å². The van der Waals surface area contributed by atoms with Crippen molar-refractivity contribution >= 4 is 67.5 Å². The van der Waals surface area contributed by atoms with Gasteiger partial charge < -0.3 is 48.7 Å². The van der Waals surface area contributed by atoms with Gasteiger partial charge in [0.2, 0.25) is 0 Å². The van der Waals surface area contributed by atoms with E-state index < -0.39 is 58.5 Å². The maximum absolute atomic E-state index is 13.1. The minimum absolute atomic E-state index is 0. The molecule has 77 heavy (non-hydrogen) atoms. The van der Waals surface area contributed by atoms with E-state index in [0.717, 1.165) is 12.1 Å². The van der Waals surface area contributed by atoms with Gasteiger partial charge in [-0.3, -0.25) is 39.5 Å². The van der Waals surface area contributed by atoms with E-state index in [1.54, 1.807) is 72.8 Å². The molecule has 393 valence electrons. The number of hydrogen-bond donors (Lipinski definition) is 0. The number of carboxylic acids is 4. The number of rotatable bonds is 4. The second-order valence-corrected chi connectivity index (χ2v) is 14.9. The molecule has 18 nitrogen and oxygen atoms in total. The van der Waals surface area contributed by atoms with Gasteiger partial charge in [-0.2, -0.15) is 26.3 Å². The summed E-state index contributed by atoms with van der Waals surface area (Å²) in [4.78, 5) is 86.9. The van der Waals surface area contributed by atoms with Crippen LogP contribution in [0.25, 0.3) is 43.6 Å². The van der Waals surface area contributed by atoms with Crippen molar-refractivity contribution in [2.24, 2.45) is 14.1 Å². The molecule has 0 aliphatic rings. The molecule has 8 heterocycles. The van der Waals surface area contributed by atoms with E-state index in [1.165, 1.54) is 109 Å². The van der Waals surface area contributed by atoms with Gasteiger partial charge in [-0.1, -0.05) is 48.5 Å². The van der Waals surface area contributed by atoms with E-state index in [9.17, 15) is 75.5 Å². The maximum Gasteiger partial charge on any atom is 4.00 e. The van der Waals surface area contributed by atoms with Gasteiger partial charge in [-0.05, 0) is 84.9 Å². The van der Waals surface area contributed by atoms with E-state index in [-0.39, 0.29) is 64.4 Å². The van der Waals surface area contributed by atoms with Gasteiger partial charge in [0.05, 0.1) is 90.6 Å². The first-order chi connectivity index (χ1) is 36.0. The molecule has 0 saturated heterocycles. The summed E-state index contributed by atoms with van der Waals surface area (Å²) in [5.41, 5.74) is -1.54. The predicted octanol–water partition coefficient (Wildman–Crippen LogP) is 3.99. The largest absolute Gasteiger partial charge is 4.00 e. The Morgan fingerprint density at radius 1 is 0.390 bits per heavy atom. The molecule has 0 saturated carbocycles. The third-order valence-electron chi connectivity index (χ3n) is 10.1. The number of aromatic nitrogens is 8. The molecule has 10 rings (SSSR count). The summed E-state index contributed by atoms with van der Waals surface area (Å²) in [7, 11) is 2.89. The number of alkyl halides is 6. The SMILES string of the molecule is Cn1c(=O)c2c(C(F)(F)F)cccc2c2ncccc21.Cn1c(=O)c2c(C(F)(F)F)cccc2c2ncccc21.O=C([O-])c1ccccn1.O=C([O-])c1ccccn1.O=C([O-])c1ccccn1.O=C([O-])c1ccccn1.[Ir+4]. The number of halogens is 6. The van der Waals surface area contributed by atoms with Crippen molar-refractivity contribution in [3.8, 4) is 0 Å². The minimum atomic E-state index is -4.58. The van der Waals surface area contributed by atoms with E-state index in [4.69, 9.17) is 0 Å². The van der Waals surface area contributed by atoms with E-state index in [0.29, 0.717) is 22.1 Å². The number of carboxylic acid groups (broad SMARTS) is 4. The summed E-state index contributed by atoms with van der Waals surface area (Å²) in [5.74, 6) is -4.96. The van der Waals surface area contributed by atoms with Crippen LogP contribution in [-0.2, 0) is 46.6 Å². The Hall–Kier alpha value is -9.61. The number of carbonyl (C=O) groups is 4. The third kappa shape index (κ3) is 15.7. The van der Waals surface area contributed by atoms with Crippen LogP contribution in [0, 0.1) is 0 Å². The number of aromatic carboxylic acids is 4. The van der Waals surface area contributed by atoms with Gasteiger partial charge >= 0.3 is 32.5 Å². The van der Waals surface area contributed by atoms with Crippen LogP contribution < -0.4 is 31.5 Å². The first-order valence-corrected chi connectivity index (χ1v) is 21.4. The van der Waals surface area contributed by atoms with Crippen molar-refractivity contribution in [1.29, 1.82) is 0 Å². The number of aryl methyl sites for hydroxylation is 2. The smallest absolute Gasteiger partial charge is 0.543 e. The minimum Gasteiger partial charge on any atom is -0.543 e. The first-order valence-electron chi connectivity index (χ1n) is 21.4. The Bertz CT molecular complexity index is 3440. The average Bonchev–Trinajstić information content (AvgIpc) is 3.43. The second-order valence-electron chi connectivity index (χ2n) is 14.9. The molecule has 0 spiro atoms. The maximum atomic E-state index is 13.1. The van der Waals surface area contributed by atoms with Crippen LogP contribution in [0.4, 0.5) is 26.3 Å². The Labute approximate surface area is 442 Å². The molecule has 0 bridgehead atoms. The van der Waals surface area contributed by atoms with Gasteiger partial charge in [0.25, 0.3) is 11.1 Å². The van der Waals surface area contributed by atoms with Crippen molar-refractivity contribution in [3.05, 3.63) is 225 Å². The van der Waals surface area contributed by atoms with Gasteiger partial charge in [-0.25, -0.2) is 0 Å². The summed E-state index contributed by atoms with van der Waals surface area (Å²) < 4.78 is 80.8. The third-order valence-corrected chi connectivity index (χ3v) is 10.1. The predicted molar refractivity (Wildman–Crippen MR) is 253 cm³/mol. The number of nitrogens with zero attached hydrogens (tertiary/aromatic N) is 8. The van der Waals surface area contributed by atoms with Gasteiger partial charge in [-0.15, -0.1) is 0 Å². The number of pyridine rings is 8. The molecule has 25 heteroatoms. The van der Waals surface area contributed by atoms with E-state index >= 15 is 0 Å². The number of carbonyl (C=O) groups excluding carboxylic acids is 4. The van der Waals surface area contributed by atoms with Gasteiger partial charge in [0.15, 0.2) is 0 Å². The summed E-state index contributed by atoms with van der Waals surface area (Å²) in [5, 5.41) is 39.9. The molecule has 0 fully saturated rings. The Morgan fingerprint density at radius 2 is 0.662 bits per heavy atom. The zero-order valence-electron chi connectivity index (χ0n) is 39.4. The van der Waals surface area contributed by atoms with Crippen molar-refractivity contribution in [2.45, 2.75) is 12.4 Å². The number of benzene rings is 2. The standard InChI is InChI=1S/2C14H9F3N2O.4C6H5NO2.Ir/c2*1-19-10-6-3-7-18-12(10)8-4-2-5-9(14(15,16)17)11(8)13(19)20;4*8-6(9)5-3-1-2-4-7-5;/h2*2-7H,1H3;4*1-4H,(H,8,9);/q;;;;;;+4/p-4. The number of fused-ring (bicyclic) bond motifs is 6. The van der Waals surface area contributed by atoms with E-state index in [2.05, 4.69) is 29.9 Å². The molecular formula is C52H34F6IrN8O10. The summed E-state index contributed by atoms with van der Waals surface area (Å²) in [6.07, 6.45) is -0.534. The fraction of sp³-hybridized carbons (Fsp3) is 0.0769. The average molecular weight is 1240 g/mol. The van der Waals surface area contributed by atoms with Crippen LogP contribution in [0.1, 0.15) is 53.1 Å². The van der Waals surface area contributed by atoms with Crippen LogP contribution in [0.3, 0.4) is 0 Å². The molecular weight excluding hydrogens is 1200 g/mol. The van der Waals surface area contributed by atoms with E-state index in [1.807, 2.05) is 0 Å². The summed E-state index contributed by atoms with van der Waals surface area (Å²) in [6.45, 7) is 0. The molecule has 0 aliphatic heterocycles. The van der Waals surface area contributed by atoms with Crippen molar-refractivity contribution < 1.29 is 86.1 Å². The summed E-state index contributed by atoms with van der Waals surface area (Å²) >= 11 is 0. The molecule has 10 aromatic rings. The fourth-order valence-corrected chi connectivity index (χ4v) is 6.67. The Kier molecular flexibility index (Phi) is 21.1. The molecule has 2 aromatic carbocycles. The van der Waals surface area contributed by atoms with Crippen LogP contribution in [0.5, 0.6) is 0 Å². The van der Waals surface area contributed by atoms with Crippen LogP contribution in [-0.4, -0.2) is 62.9 Å². The molecule has 0 atom stereocenters.